The van der Waals surface area contributed by atoms with Crippen LogP contribution in [-0.2, 0) is 6.54 Å². The molecule has 0 aliphatic carbocycles. The smallest absolute Gasteiger partial charge is 0.266 e. The minimum Gasteiger partial charge on any atom is -0.390 e. The van der Waals surface area contributed by atoms with Gasteiger partial charge in [-0.3, -0.25) is 9.36 Å². The summed E-state index contributed by atoms with van der Waals surface area (Å²) in [5, 5.41) is 9.74. The van der Waals surface area contributed by atoms with Crippen molar-refractivity contribution in [2.75, 3.05) is 5.33 Å². The number of alkyl halides is 1. The number of aliphatic hydroxyl groups excluding tert-OH is 1. The predicted molar refractivity (Wildman–Crippen MR) is 61.0 cm³/mol. The Morgan fingerprint density at radius 3 is 3.08 bits per heavy atom. The van der Waals surface area contributed by atoms with E-state index >= 15 is 0 Å². The highest BCUT2D eigenvalue weighted by Gasteiger charge is 2.05. The molecule has 1 unspecified atom stereocenters. The highest BCUT2D eigenvalue weighted by Crippen LogP contribution is 1.96. The molecule has 0 aromatic carbocycles. The van der Waals surface area contributed by atoms with E-state index in [0.29, 0.717) is 8.90 Å². The topological polar surface area (TPSA) is 55.1 Å². The number of aromatic nitrogens is 2. The van der Waals surface area contributed by atoms with Gasteiger partial charge in [-0.1, -0.05) is 15.9 Å². The Hall–Kier alpha value is 0.0500. The zero-order valence-electron chi connectivity index (χ0n) is 6.65. The Labute approximate surface area is 97.3 Å². The first-order chi connectivity index (χ1) is 6.15. The van der Waals surface area contributed by atoms with Gasteiger partial charge in [0.25, 0.3) is 5.56 Å². The zero-order valence-corrected chi connectivity index (χ0v) is 10.4. The van der Waals surface area contributed by atoms with E-state index < -0.39 is 6.10 Å². The van der Waals surface area contributed by atoms with Crippen molar-refractivity contribution in [1.29, 1.82) is 0 Å². The van der Waals surface area contributed by atoms with Crippen molar-refractivity contribution >= 4 is 38.5 Å². The number of aliphatic hydroxyl groups is 1. The molecule has 6 heteroatoms. The lowest BCUT2D eigenvalue weighted by Crippen LogP contribution is -2.28. The van der Waals surface area contributed by atoms with Crippen LogP contribution in [0, 0.1) is 3.57 Å². The monoisotopic (exact) mass is 358 g/mol. The minimum absolute atomic E-state index is 0.115. The van der Waals surface area contributed by atoms with E-state index in [-0.39, 0.29) is 12.1 Å². The molecule has 0 radical (unpaired) electrons. The highest BCUT2D eigenvalue weighted by atomic mass is 127. The number of rotatable bonds is 3. The van der Waals surface area contributed by atoms with E-state index in [2.05, 4.69) is 20.9 Å². The van der Waals surface area contributed by atoms with Crippen LogP contribution in [0.4, 0.5) is 0 Å². The Morgan fingerprint density at radius 1 is 1.77 bits per heavy atom. The Kier molecular flexibility index (Phi) is 4.33. The first kappa shape index (κ1) is 11.1. The van der Waals surface area contributed by atoms with Gasteiger partial charge >= 0.3 is 0 Å². The summed E-state index contributed by atoms with van der Waals surface area (Å²) in [4.78, 5) is 15.3. The number of hydrogen-bond acceptors (Lipinski definition) is 3. The largest absolute Gasteiger partial charge is 0.390 e. The van der Waals surface area contributed by atoms with Crippen molar-refractivity contribution < 1.29 is 5.11 Å². The van der Waals surface area contributed by atoms with Crippen molar-refractivity contribution in [2.24, 2.45) is 0 Å². The van der Waals surface area contributed by atoms with Crippen molar-refractivity contribution in [1.82, 2.24) is 9.55 Å². The Bertz CT molecular complexity index is 342. The molecule has 0 saturated carbocycles. The number of nitrogens with zero attached hydrogens (tertiary/aromatic N) is 2. The highest BCUT2D eigenvalue weighted by molar-refractivity contribution is 14.1. The molecule has 1 aromatic heterocycles. The predicted octanol–water partition coefficient (Wildman–Crippen LogP) is 0.604. The van der Waals surface area contributed by atoms with E-state index in [1.807, 2.05) is 22.6 Å². The quantitative estimate of drug-likeness (QED) is 0.636. The summed E-state index contributed by atoms with van der Waals surface area (Å²) in [7, 11) is 0. The molecule has 13 heavy (non-hydrogen) atoms. The van der Waals surface area contributed by atoms with Crippen LogP contribution in [0.3, 0.4) is 0 Å². The minimum atomic E-state index is -0.558. The van der Waals surface area contributed by atoms with Gasteiger partial charge in [0.05, 0.1) is 22.5 Å². The summed E-state index contributed by atoms with van der Waals surface area (Å²) in [6.45, 7) is 0.272. The molecule has 1 heterocycles. The van der Waals surface area contributed by atoms with Crippen LogP contribution in [0.2, 0.25) is 0 Å². The lowest BCUT2D eigenvalue weighted by Gasteiger charge is -2.08. The van der Waals surface area contributed by atoms with E-state index in [1.165, 1.54) is 17.1 Å². The molecule has 0 aliphatic rings. The fourth-order valence-electron chi connectivity index (χ4n) is 0.830. The first-order valence-electron chi connectivity index (χ1n) is 3.59. The van der Waals surface area contributed by atoms with Gasteiger partial charge in [0.15, 0.2) is 0 Å². The number of halogens is 2. The molecule has 1 N–H and O–H groups in total. The summed E-state index contributed by atoms with van der Waals surface area (Å²) >= 11 is 5.05. The lowest BCUT2D eigenvalue weighted by atomic mass is 10.4. The average molecular weight is 359 g/mol. The first-order valence-corrected chi connectivity index (χ1v) is 5.79. The Balaban J connectivity index is 2.89. The van der Waals surface area contributed by atoms with Crippen LogP contribution >= 0.6 is 38.5 Å². The summed E-state index contributed by atoms with van der Waals surface area (Å²) in [6.07, 6.45) is 2.37. The lowest BCUT2D eigenvalue weighted by molar-refractivity contribution is 0.177. The van der Waals surface area contributed by atoms with E-state index in [4.69, 9.17) is 0 Å². The summed E-state index contributed by atoms with van der Waals surface area (Å²) in [5.74, 6) is 0. The molecule has 72 valence electrons. The van der Waals surface area contributed by atoms with E-state index in [1.54, 1.807) is 0 Å². The molecule has 1 rings (SSSR count). The van der Waals surface area contributed by atoms with Gasteiger partial charge in [-0.25, -0.2) is 4.98 Å². The SMILES string of the molecule is O=c1c(I)cncn1CC(O)CBr. The molecular formula is C7H8BrIN2O2. The van der Waals surface area contributed by atoms with Crippen molar-refractivity contribution in [3.8, 4) is 0 Å². The molecule has 0 saturated heterocycles. The van der Waals surface area contributed by atoms with Gasteiger partial charge in [-0.05, 0) is 22.6 Å². The molecule has 0 spiro atoms. The maximum Gasteiger partial charge on any atom is 0.266 e. The van der Waals surface area contributed by atoms with Crippen molar-refractivity contribution in [2.45, 2.75) is 12.6 Å². The molecular weight excluding hydrogens is 351 g/mol. The fraction of sp³-hybridized carbons (Fsp3) is 0.429. The standard InChI is InChI=1S/C7H8BrIN2O2/c8-1-5(12)3-11-4-10-2-6(9)7(11)13/h2,4-5,12H,1,3H2. The third-order valence-electron chi connectivity index (χ3n) is 1.44. The molecule has 0 amide bonds. The third kappa shape index (κ3) is 3.03. The number of hydrogen-bond donors (Lipinski definition) is 1. The van der Waals surface area contributed by atoms with Gasteiger partial charge in [-0.15, -0.1) is 0 Å². The maximum atomic E-state index is 11.4. The molecule has 1 atom stereocenters. The second kappa shape index (κ2) is 5.06. The fourth-order valence-corrected chi connectivity index (χ4v) is 1.51. The second-order valence-electron chi connectivity index (χ2n) is 2.51. The molecule has 0 fully saturated rings. The molecule has 1 aromatic rings. The average Bonchev–Trinajstić information content (AvgIpc) is 2.13. The van der Waals surface area contributed by atoms with Crippen LogP contribution in [0.15, 0.2) is 17.3 Å². The molecule has 0 bridgehead atoms. The van der Waals surface area contributed by atoms with Gasteiger partial charge < -0.3 is 5.11 Å². The maximum absolute atomic E-state index is 11.4. The zero-order chi connectivity index (χ0) is 9.84. The summed E-state index contributed by atoms with van der Waals surface area (Å²) < 4.78 is 1.95. The van der Waals surface area contributed by atoms with Crippen LogP contribution < -0.4 is 5.56 Å². The van der Waals surface area contributed by atoms with Crippen LogP contribution in [0.5, 0.6) is 0 Å². The van der Waals surface area contributed by atoms with E-state index in [0.717, 1.165) is 0 Å². The molecule has 4 nitrogen and oxygen atoms in total. The summed E-state index contributed by atoms with van der Waals surface area (Å²) in [6, 6.07) is 0. The van der Waals surface area contributed by atoms with Crippen LogP contribution in [-0.4, -0.2) is 26.1 Å². The molecule has 0 aliphatic heterocycles. The van der Waals surface area contributed by atoms with Crippen LogP contribution in [0.25, 0.3) is 0 Å². The Morgan fingerprint density at radius 2 is 2.46 bits per heavy atom. The normalized spacial score (nSPS) is 12.8. The van der Waals surface area contributed by atoms with E-state index in [9.17, 15) is 9.90 Å². The van der Waals surface area contributed by atoms with Gasteiger partial charge in [-0.2, -0.15) is 0 Å². The van der Waals surface area contributed by atoms with Gasteiger partial charge in [0.2, 0.25) is 0 Å². The van der Waals surface area contributed by atoms with Gasteiger partial charge in [0, 0.05) is 11.5 Å². The van der Waals surface area contributed by atoms with Crippen molar-refractivity contribution in [3.05, 3.63) is 26.4 Å². The summed E-state index contributed by atoms with van der Waals surface area (Å²) in [5.41, 5.74) is -0.115. The van der Waals surface area contributed by atoms with Crippen LogP contribution in [0.1, 0.15) is 0 Å². The second-order valence-corrected chi connectivity index (χ2v) is 4.32. The van der Waals surface area contributed by atoms with Crippen molar-refractivity contribution in [3.63, 3.8) is 0 Å². The third-order valence-corrected chi connectivity index (χ3v) is 2.93. The van der Waals surface area contributed by atoms with Gasteiger partial charge in [0.1, 0.15) is 0 Å².